The van der Waals surface area contributed by atoms with E-state index in [0.29, 0.717) is 6.47 Å². The second kappa shape index (κ2) is 5.13. The van der Waals surface area contributed by atoms with Crippen LogP contribution in [0.3, 0.4) is 0 Å². The average Bonchev–Trinajstić information content (AvgIpc) is 2.07. The molecule has 0 saturated carbocycles. The van der Waals surface area contributed by atoms with Crippen LogP contribution in [0.2, 0.25) is 0 Å². The van der Waals surface area contributed by atoms with Gasteiger partial charge in [-0.05, 0) is 25.9 Å². The number of rotatable bonds is 4. The molecule has 1 aliphatic rings. The first kappa shape index (κ1) is 8.53. The third kappa shape index (κ3) is 3.37. The monoisotopic (exact) mass is 156 g/mol. The van der Waals surface area contributed by atoms with E-state index in [2.05, 4.69) is 9.64 Å². The molecule has 3 nitrogen and oxygen atoms in total. The molecule has 0 N–H and O–H groups in total. The van der Waals surface area contributed by atoms with Gasteiger partial charge in [0.15, 0.2) is 6.61 Å². The summed E-state index contributed by atoms with van der Waals surface area (Å²) in [7, 11) is 0. The Kier molecular flexibility index (Phi) is 3.98. The number of carbonyl (C=O) groups excluding carboxylic acids is 1. The SMILES string of the molecule is O=CO[CH]CN1CCCCC1. The lowest BCUT2D eigenvalue weighted by molar-refractivity contribution is -0.126. The van der Waals surface area contributed by atoms with Gasteiger partial charge in [0.25, 0.3) is 6.47 Å². The zero-order chi connectivity index (χ0) is 7.94. The lowest BCUT2D eigenvalue weighted by atomic mass is 10.1. The molecule has 0 atom stereocenters. The lowest BCUT2D eigenvalue weighted by Gasteiger charge is -2.25. The topological polar surface area (TPSA) is 29.5 Å². The number of likely N-dealkylation sites (tertiary alicyclic amines) is 1. The highest BCUT2D eigenvalue weighted by Gasteiger charge is 2.08. The summed E-state index contributed by atoms with van der Waals surface area (Å²) in [5.74, 6) is 0. The molecular formula is C8H14NO2. The van der Waals surface area contributed by atoms with Crippen molar-refractivity contribution in [2.45, 2.75) is 19.3 Å². The molecule has 0 aromatic rings. The largest absolute Gasteiger partial charge is 0.459 e. The average molecular weight is 156 g/mol. The number of hydrogen-bond donors (Lipinski definition) is 0. The van der Waals surface area contributed by atoms with Crippen LogP contribution in [0.5, 0.6) is 0 Å². The minimum Gasteiger partial charge on any atom is -0.459 e. The van der Waals surface area contributed by atoms with Crippen LogP contribution in [0.1, 0.15) is 19.3 Å². The van der Waals surface area contributed by atoms with Crippen molar-refractivity contribution in [3.05, 3.63) is 6.61 Å². The van der Waals surface area contributed by atoms with Gasteiger partial charge in [-0.25, -0.2) is 0 Å². The minimum absolute atomic E-state index is 0.462. The summed E-state index contributed by atoms with van der Waals surface area (Å²) in [4.78, 5) is 12.1. The number of piperidine rings is 1. The molecule has 1 saturated heterocycles. The van der Waals surface area contributed by atoms with Crippen molar-refractivity contribution in [3.8, 4) is 0 Å². The van der Waals surface area contributed by atoms with E-state index in [-0.39, 0.29) is 0 Å². The van der Waals surface area contributed by atoms with E-state index in [1.54, 1.807) is 6.61 Å². The van der Waals surface area contributed by atoms with Crippen molar-refractivity contribution in [2.75, 3.05) is 19.6 Å². The Morgan fingerprint density at radius 3 is 2.64 bits per heavy atom. The Morgan fingerprint density at radius 2 is 2.00 bits per heavy atom. The van der Waals surface area contributed by atoms with Crippen LogP contribution in [0, 0.1) is 6.61 Å². The molecule has 0 aromatic heterocycles. The Labute approximate surface area is 67.3 Å². The molecule has 63 valence electrons. The molecule has 1 radical (unpaired) electrons. The van der Waals surface area contributed by atoms with Gasteiger partial charge in [-0.3, -0.25) is 9.69 Å². The second-order valence-electron chi connectivity index (χ2n) is 2.76. The maximum atomic E-state index is 9.77. The van der Waals surface area contributed by atoms with Gasteiger partial charge in [-0.1, -0.05) is 6.42 Å². The Hall–Kier alpha value is -0.570. The number of hydrogen-bond acceptors (Lipinski definition) is 3. The van der Waals surface area contributed by atoms with Crippen molar-refractivity contribution in [1.29, 1.82) is 0 Å². The number of ether oxygens (including phenoxy) is 1. The van der Waals surface area contributed by atoms with Crippen molar-refractivity contribution in [1.82, 2.24) is 4.90 Å². The van der Waals surface area contributed by atoms with Gasteiger partial charge in [0.05, 0.1) is 0 Å². The maximum absolute atomic E-state index is 9.77. The van der Waals surface area contributed by atoms with Gasteiger partial charge in [0, 0.05) is 6.54 Å². The molecule has 1 rings (SSSR count). The first-order valence-corrected chi connectivity index (χ1v) is 4.06. The van der Waals surface area contributed by atoms with E-state index >= 15 is 0 Å². The summed E-state index contributed by atoms with van der Waals surface area (Å²) in [6.07, 6.45) is 3.88. The molecule has 1 heterocycles. The highest BCUT2D eigenvalue weighted by Crippen LogP contribution is 2.08. The van der Waals surface area contributed by atoms with Crippen molar-refractivity contribution < 1.29 is 9.53 Å². The molecule has 0 spiro atoms. The van der Waals surface area contributed by atoms with Gasteiger partial charge >= 0.3 is 0 Å². The maximum Gasteiger partial charge on any atom is 0.293 e. The smallest absolute Gasteiger partial charge is 0.293 e. The van der Waals surface area contributed by atoms with E-state index in [0.717, 1.165) is 19.6 Å². The molecule has 1 aliphatic heterocycles. The van der Waals surface area contributed by atoms with E-state index in [1.807, 2.05) is 0 Å². The van der Waals surface area contributed by atoms with Crippen LogP contribution in [-0.2, 0) is 9.53 Å². The first-order valence-electron chi connectivity index (χ1n) is 4.06. The fraction of sp³-hybridized carbons (Fsp3) is 0.750. The van der Waals surface area contributed by atoms with E-state index in [4.69, 9.17) is 0 Å². The lowest BCUT2D eigenvalue weighted by Crippen LogP contribution is -2.31. The summed E-state index contributed by atoms with van der Waals surface area (Å²) in [5.41, 5.74) is 0. The number of nitrogens with zero attached hydrogens (tertiary/aromatic N) is 1. The number of carbonyl (C=O) groups is 1. The summed E-state index contributed by atoms with van der Waals surface area (Å²) < 4.78 is 4.49. The quantitative estimate of drug-likeness (QED) is 0.445. The van der Waals surface area contributed by atoms with E-state index < -0.39 is 0 Å². The van der Waals surface area contributed by atoms with Crippen LogP contribution >= 0.6 is 0 Å². The minimum atomic E-state index is 0.462. The van der Waals surface area contributed by atoms with Gasteiger partial charge in [0.1, 0.15) is 0 Å². The fourth-order valence-corrected chi connectivity index (χ4v) is 1.33. The molecule has 1 fully saturated rings. The van der Waals surface area contributed by atoms with Gasteiger partial charge in [0.2, 0.25) is 0 Å². The molecule has 0 aliphatic carbocycles. The Morgan fingerprint density at radius 1 is 1.27 bits per heavy atom. The Bertz CT molecular complexity index is 111. The Balaban J connectivity index is 2.00. The third-order valence-electron chi connectivity index (χ3n) is 1.93. The van der Waals surface area contributed by atoms with Crippen LogP contribution in [-0.4, -0.2) is 31.0 Å². The summed E-state index contributed by atoms with van der Waals surface area (Å²) in [6.45, 7) is 5.07. The highest BCUT2D eigenvalue weighted by atomic mass is 16.5. The van der Waals surface area contributed by atoms with E-state index in [9.17, 15) is 4.79 Å². The van der Waals surface area contributed by atoms with Crippen LogP contribution in [0.25, 0.3) is 0 Å². The standard InChI is InChI=1S/C8H14NO2/c10-8-11-7-6-9-4-2-1-3-5-9/h7-8H,1-6H2. The molecule has 11 heavy (non-hydrogen) atoms. The predicted molar refractivity (Wildman–Crippen MR) is 41.7 cm³/mol. The highest BCUT2D eigenvalue weighted by molar-refractivity contribution is 5.37. The molecular weight excluding hydrogens is 142 g/mol. The zero-order valence-electron chi connectivity index (χ0n) is 6.66. The van der Waals surface area contributed by atoms with Crippen LogP contribution in [0.4, 0.5) is 0 Å². The van der Waals surface area contributed by atoms with Gasteiger partial charge < -0.3 is 4.74 Å². The molecule has 0 unspecified atom stereocenters. The first-order chi connectivity index (χ1) is 5.43. The predicted octanol–water partition coefficient (Wildman–Crippen LogP) is 0.807. The molecule has 0 amide bonds. The molecule has 0 bridgehead atoms. The van der Waals surface area contributed by atoms with E-state index in [1.165, 1.54) is 19.3 Å². The summed E-state index contributed by atoms with van der Waals surface area (Å²) in [6, 6.07) is 0. The molecule has 0 aromatic carbocycles. The second-order valence-corrected chi connectivity index (χ2v) is 2.76. The summed E-state index contributed by atoms with van der Waals surface area (Å²) in [5, 5.41) is 0. The van der Waals surface area contributed by atoms with Crippen molar-refractivity contribution in [3.63, 3.8) is 0 Å². The third-order valence-corrected chi connectivity index (χ3v) is 1.93. The zero-order valence-corrected chi connectivity index (χ0v) is 6.66. The normalized spacial score (nSPS) is 19.6. The fourth-order valence-electron chi connectivity index (χ4n) is 1.33. The van der Waals surface area contributed by atoms with Gasteiger partial charge in [-0.2, -0.15) is 0 Å². The summed E-state index contributed by atoms with van der Waals surface area (Å²) >= 11 is 0. The van der Waals surface area contributed by atoms with Gasteiger partial charge in [-0.15, -0.1) is 0 Å². The molecule has 3 heteroatoms. The van der Waals surface area contributed by atoms with Crippen molar-refractivity contribution in [2.24, 2.45) is 0 Å². The van der Waals surface area contributed by atoms with Crippen LogP contribution < -0.4 is 0 Å². The van der Waals surface area contributed by atoms with Crippen molar-refractivity contribution >= 4 is 6.47 Å². The van der Waals surface area contributed by atoms with Crippen LogP contribution in [0.15, 0.2) is 0 Å².